The second-order valence-corrected chi connectivity index (χ2v) is 6.13. The average Bonchev–Trinajstić information content (AvgIpc) is 2.90. The molecular weight excluding hydrogens is 309 g/mol. The first-order valence-electron chi connectivity index (χ1n) is 8.10. The van der Waals surface area contributed by atoms with Gasteiger partial charge in [-0.05, 0) is 38.1 Å². The van der Waals surface area contributed by atoms with Crippen molar-refractivity contribution in [2.45, 2.75) is 19.9 Å². The zero-order valence-electron chi connectivity index (χ0n) is 13.9. The molecule has 24 heavy (non-hydrogen) atoms. The Hall–Kier alpha value is -2.25. The van der Waals surface area contributed by atoms with Crippen LogP contribution in [0.15, 0.2) is 30.3 Å². The van der Waals surface area contributed by atoms with Crippen LogP contribution in [-0.2, 0) is 4.79 Å². The fourth-order valence-electron chi connectivity index (χ4n) is 2.85. The molecule has 0 bridgehead atoms. The van der Waals surface area contributed by atoms with Crippen LogP contribution in [-0.4, -0.2) is 52.8 Å². The van der Waals surface area contributed by atoms with E-state index in [-0.39, 0.29) is 11.7 Å². The van der Waals surface area contributed by atoms with Gasteiger partial charge in [0.25, 0.3) is 0 Å². The van der Waals surface area contributed by atoms with Gasteiger partial charge in [-0.25, -0.2) is 9.07 Å². The average molecular weight is 331 g/mol. The van der Waals surface area contributed by atoms with Gasteiger partial charge in [-0.2, -0.15) is 5.10 Å². The number of hydrogen-bond acceptors (Lipinski definition) is 4. The fourth-order valence-corrected chi connectivity index (χ4v) is 2.85. The Labute approximate surface area is 140 Å². The van der Waals surface area contributed by atoms with E-state index in [9.17, 15) is 9.18 Å². The Morgan fingerprint density at radius 2 is 2.17 bits per heavy atom. The summed E-state index contributed by atoms with van der Waals surface area (Å²) in [5.74, 6) is 0.208. The number of halogens is 1. The van der Waals surface area contributed by atoms with Crippen LogP contribution in [0.2, 0.25) is 0 Å². The number of amides is 1. The highest BCUT2D eigenvalue weighted by Gasteiger charge is 2.21. The predicted molar refractivity (Wildman–Crippen MR) is 90.8 cm³/mol. The highest BCUT2D eigenvalue weighted by atomic mass is 19.1. The molecule has 2 aromatic rings. The number of aryl methyl sites for hydroxylation is 1. The Balaban J connectivity index is 1.73. The Morgan fingerprint density at radius 1 is 1.42 bits per heavy atom. The minimum Gasteiger partial charge on any atom is -0.314 e. The Morgan fingerprint density at radius 3 is 2.88 bits per heavy atom. The largest absolute Gasteiger partial charge is 0.314 e. The van der Waals surface area contributed by atoms with Crippen LogP contribution in [0.3, 0.4) is 0 Å². The molecule has 0 radical (unpaired) electrons. The molecule has 128 valence electrons. The molecule has 3 rings (SSSR count). The van der Waals surface area contributed by atoms with Crippen LogP contribution in [0.25, 0.3) is 5.69 Å². The summed E-state index contributed by atoms with van der Waals surface area (Å²) in [7, 11) is 0. The number of anilines is 1. The summed E-state index contributed by atoms with van der Waals surface area (Å²) in [6.07, 6.45) is 0. The molecule has 0 unspecified atom stereocenters. The van der Waals surface area contributed by atoms with E-state index in [1.54, 1.807) is 16.8 Å². The lowest BCUT2D eigenvalue weighted by atomic mass is 10.2. The van der Waals surface area contributed by atoms with Crippen LogP contribution >= 0.6 is 0 Å². The number of nitrogens with one attached hydrogen (secondary N) is 2. The number of carbonyl (C=O) groups excluding carboxylic acids is 1. The van der Waals surface area contributed by atoms with E-state index in [4.69, 9.17) is 0 Å². The molecule has 1 atom stereocenters. The van der Waals surface area contributed by atoms with Crippen LogP contribution < -0.4 is 10.6 Å². The number of piperazine rings is 1. The fraction of sp³-hybridized carbons (Fsp3) is 0.412. The van der Waals surface area contributed by atoms with Crippen molar-refractivity contribution < 1.29 is 9.18 Å². The molecule has 0 aliphatic carbocycles. The lowest BCUT2D eigenvalue weighted by Gasteiger charge is -2.33. The standard InChI is InChI=1S/C17H22FN5O/c1-12-9-16(23(21-12)15-5-3-14(18)4-6-15)20-17(24)11-22-8-7-19-10-13(22)2/h3-6,9,13,19H,7-8,10-11H2,1-2H3,(H,20,24)/t13-/m0/s1. The molecule has 0 saturated carbocycles. The molecule has 6 nitrogen and oxygen atoms in total. The van der Waals surface area contributed by atoms with Crippen molar-refractivity contribution in [2.75, 3.05) is 31.5 Å². The maximum atomic E-state index is 13.1. The lowest BCUT2D eigenvalue weighted by molar-refractivity contribution is -0.118. The third-order valence-electron chi connectivity index (χ3n) is 4.16. The summed E-state index contributed by atoms with van der Waals surface area (Å²) >= 11 is 0. The monoisotopic (exact) mass is 331 g/mol. The van der Waals surface area contributed by atoms with Crippen molar-refractivity contribution in [3.05, 3.63) is 41.8 Å². The van der Waals surface area contributed by atoms with E-state index in [0.717, 1.165) is 25.3 Å². The van der Waals surface area contributed by atoms with E-state index >= 15 is 0 Å². The van der Waals surface area contributed by atoms with Crippen molar-refractivity contribution in [1.29, 1.82) is 0 Å². The summed E-state index contributed by atoms with van der Waals surface area (Å²) in [5, 5.41) is 10.6. The van der Waals surface area contributed by atoms with E-state index in [1.807, 2.05) is 13.0 Å². The summed E-state index contributed by atoms with van der Waals surface area (Å²) in [6, 6.07) is 8.16. The zero-order chi connectivity index (χ0) is 17.1. The number of rotatable bonds is 4. The van der Waals surface area contributed by atoms with Crippen molar-refractivity contribution in [3.63, 3.8) is 0 Å². The van der Waals surface area contributed by atoms with Gasteiger partial charge in [-0.3, -0.25) is 9.69 Å². The molecule has 1 aliphatic rings. The third-order valence-corrected chi connectivity index (χ3v) is 4.16. The summed E-state index contributed by atoms with van der Waals surface area (Å²) in [4.78, 5) is 14.5. The van der Waals surface area contributed by atoms with Crippen LogP contribution in [0.1, 0.15) is 12.6 Å². The van der Waals surface area contributed by atoms with E-state index in [2.05, 4.69) is 27.6 Å². The number of benzene rings is 1. The van der Waals surface area contributed by atoms with Gasteiger partial charge in [-0.1, -0.05) is 0 Å². The van der Waals surface area contributed by atoms with Gasteiger partial charge in [0.1, 0.15) is 11.6 Å². The van der Waals surface area contributed by atoms with Gasteiger partial charge in [0, 0.05) is 31.7 Å². The van der Waals surface area contributed by atoms with Gasteiger partial charge in [0.2, 0.25) is 5.91 Å². The molecular formula is C17H22FN5O. The van der Waals surface area contributed by atoms with E-state index in [0.29, 0.717) is 24.1 Å². The van der Waals surface area contributed by atoms with E-state index < -0.39 is 0 Å². The predicted octanol–water partition coefficient (Wildman–Crippen LogP) is 1.55. The van der Waals surface area contributed by atoms with Crippen molar-refractivity contribution in [1.82, 2.24) is 20.0 Å². The van der Waals surface area contributed by atoms with Gasteiger partial charge < -0.3 is 10.6 Å². The maximum Gasteiger partial charge on any atom is 0.239 e. The molecule has 2 N–H and O–H groups in total. The van der Waals surface area contributed by atoms with Gasteiger partial charge >= 0.3 is 0 Å². The van der Waals surface area contributed by atoms with Gasteiger partial charge in [-0.15, -0.1) is 0 Å². The minimum atomic E-state index is -0.305. The van der Waals surface area contributed by atoms with Gasteiger partial charge in [0.15, 0.2) is 0 Å². The van der Waals surface area contributed by atoms with Crippen LogP contribution in [0, 0.1) is 12.7 Å². The first-order chi connectivity index (χ1) is 11.5. The number of aromatic nitrogens is 2. The molecule has 1 amide bonds. The summed E-state index contributed by atoms with van der Waals surface area (Å²) in [6.45, 7) is 6.94. The normalized spacial score (nSPS) is 18.5. The maximum absolute atomic E-state index is 13.1. The van der Waals surface area contributed by atoms with Crippen LogP contribution in [0.5, 0.6) is 0 Å². The molecule has 2 heterocycles. The highest BCUT2D eigenvalue weighted by molar-refractivity contribution is 5.91. The van der Waals surface area contributed by atoms with E-state index in [1.165, 1.54) is 12.1 Å². The highest BCUT2D eigenvalue weighted by Crippen LogP contribution is 2.17. The first kappa shape index (κ1) is 16.6. The van der Waals surface area contributed by atoms with Crippen molar-refractivity contribution >= 4 is 11.7 Å². The molecule has 1 aromatic carbocycles. The SMILES string of the molecule is Cc1cc(NC(=O)CN2CCNC[C@@H]2C)n(-c2ccc(F)cc2)n1. The minimum absolute atomic E-state index is 0.0768. The lowest BCUT2D eigenvalue weighted by Crippen LogP contribution is -2.52. The number of hydrogen-bond donors (Lipinski definition) is 2. The number of nitrogens with zero attached hydrogens (tertiary/aromatic N) is 3. The molecule has 1 saturated heterocycles. The molecule has 0 spiro atoms. The second-order valence-electron chi connectivity index (χ2n) is 6.13. The number of carbonyl (C=O) groups is 1. The summed E-state index contributed by atoms with van der Waals surface area (Å²) < 4.78 is 14.7. The topological polar surface area (TPSA) is 62.2 Å². The Bertz CT molecular complexity index is 712. The summed E-state index contributed by atoms with van der Waals surface area (Å²) in [5.41, 5.74) is 1.49. The smallest absolute Gasteiger partial charge is 0.239 e. The Kier molecular flexibility index (Phi) is 4.92. The van der Waals surface area contributed by atoms with Crippen molar-refractivity contribution in [2.24, 2.45) is 0 Å². The van der Waals surface area contributed by atoms with Gasteiger partial charge in [0.05, 0.1) is 17.9 Å². The molecule has 1 fully saturated rings. The van der Waals surface area contributed by atoms with Crippen LogP contribution in [0.4, 0.5) is 10.2 Å². The first-order valence-corrected chi connectivity index (χ1v) is 8.10. The molecule has 7 heteroatoms. The quantitative estimate of drug-likeness (QED) is 0.892. The molecule has 1 aliphatic heterocycles. The van der Waals surface area contributed by atoms with Crippen molar-refractivity contribution in [3.8, 4) is 5.69 Å². The third kappa shape index (κ3) is 3.80. The molecule has 1 aromatic heterocycles. The second kappa shape index (κ2) is 7.11. The zero-order valence-corrected chi connectivity index (χ0v) is 13.9.